The van der Waals surface area contributed by atoms with Crippen LogP contribution in [-0.2, 0) is 7.05 Å². The molecule has 0 atom stereocenters. The molecule has 0 unspecified atom stereocenters. The molecule has 2 aromatic rings. The summed E-state index contributed by atoms with van der Waals surface area (Å²) in [6.07, 6.45) is 1.74. The summed E-state index contributed by atoms with van der Waals surface area (Å²) in [6, 6.07) is 3.81. The number of nitrogen functional groups attached to an aromatic ring is 1. The van der Waals surface area contributed by atoms with Crippen molar-refractivity contribution in [3.8, 4) is 22.6 Å². The molecular weight excluding hydrogens is 310 g/mol. The summed E-state index contributed by atoms with van der Waals surface area (Å²) in [5.41, 5.74) is 7.81. The van der Waals surface area contributed by atoms with E-state index < -0.39 is 5.79 Å². The third kappa shape index (κ3) is 1.96. The van der Waals surface area contributed by atoms with Crippen LogP contribution in [0, 0.1) is 0 Å². The van der Waals surface area contributed by atoms with Gasteiger partial charge in [-0.05, 0) is 12.1 Å². The number of ether oxygens (including phenoxy) is 2. The fraction of sp³-hybridized carbons (Fsp3) is 0.308. The summed E-state index contributed by atoms with van der Waals surface area (Å²) in [5, 5.41) is 4.15. The Morgan fingerprint density at radius 1 is 1.21 bits per heavy atom. The predicted octanol–water partition coefficient (Wildman–Crippen LogP) is 2.94. The summed E-state index contributed by atoms with van der Waals surface area (Å²) in [5.74, 6) is 1.41. The van der Waals surface area contributed by atoms with Crippen LogP contribution in [0.1, 0.15) is 13.8 Å². The summed E-state index contributed by atoms with van der Waals surface area (Å²) in [4.78, 5) is 0. The van der Waals surface area contributed by atoms with Crippen molar-refractivity contribution in [2.24, 2.45) is 7.05 Å². The van der Waals surface area contributed by atoms with E-state index in [4.69, 9.17) is 15.2 Å². The zero-order chi connectivity index (χ0) is 13.8. The standard InChI is InChI=1S/C13H14BrN3O2/c1-13(2)18-10-4-7(9(14)5-11(10)19-13)8-6-16-17(3)12(8)15/h4-6H,15H2,1-3H3. The van der Waals surface area contributed by atoms with E-state index in [1.807, 2.05) is 33.0 Å². The molecule has 6 heteroatoms. The zero-order valence-corrected chi connectivity index (χ0v) is 12.5. The van der Waals surface area contributed by atoms with E-state index in [1.165, 1.54) is 0 Å². The van der Waals surface area contributed by atoms with Crippen molar-refractivity contribution in [2.75, 3.05) is 5.73 Å². The quantitative estimate of drug-likeness (QED) is 0.876. The summed E-state index contributed by atoms with van der Waals surface area (Å²) >= 11 is 3.54. The maximum Gasteiger partial charge on any atom is 0.246 e. The van der Waals surface area contributed by atoms with Crippen molar-refractivity contribution in [2.45, 2.75) is 19.6 Å². The number of hydrogen-bond acceptors (Lipinski definition) is 4. The average Bonchev–Trinajstić information content (AvgIpc) is 2.78. The molecule has 0 aliphatic carbocycles. The molecule has 3 rings (SSSR count). The van der Waals surface area contributed by atoms with Crippen molar-refractivity contribution in [3.05, 3.63) is 22.8 Å². The molecule has 19 heavy (non-hydrogen) atoms. The molecule has 0 radical (unpaired) electrons. The molecule has 1 aliphatic rings. The van der Waals surface area contributed by atoms with Gasteiger partial charge >= 0.3 is 0 Å². The van der Waals surface area contributed by atoms with E-state index >= 15 is 0 Å². The van der Waals surface area contributed by atoms with Crippen LogP contribution >= 0.6 is 15.9 Å². The number of aryl methyl sites for hydroxylation is 1. The van der Waals surface area contributed by atoms with Crippen LogP contribution in [0.3, 0.4) is 0 Å². The smallest absolute Gasteiger partial charge is 0.246 e. The number of aromatic nitrogens is 2. The SMILES string of the molecule is Cn1ncc(-c2cc3c(cc2Br)OC(C)(C)O3)c1N. The monoisotopic (exact) mass is 323 g/mol. The largest absolute Gasteiger partial charge is 0.449 e. The second-order valence-corrected chi connectivity index (χ2v) is 5.80. The molecule has 1 aliphatic heterocycles. The highest BCUT2D eigenvalue weighted by Gasteiger charge is 2.32. The summed E-state index contributed by atoms with van der Waals surface area (Å²) < 4.78 is 14.0. The normalized spacial score (nSPS) is 15.8. The van der Waals surface area contributed by atoms with Crippen LogP contribution in [0.5, 0.6) is 11.5 Å². The lowest BCUT2D eigenvalue weighted by Gasteiger charge is -2.16. The van der Waals surface area contributed by atoms with E-state index in [0.717, 1.165) is 21.3 Å². The number of fused-ring (bicyclic) bond motifs is 1. The Kier molecular flexibility index (Phi) is 2.53. The van der Waals surface area contributed by atoms with Gasteiger partial charge < -0.3 is 15.2 Å². The molecule has 0 amide bonds. The first kappa shape index (κ1) is 12.3. The van der Waals surface area contributed by atoms with Crippen LogP contribution in [0.25, 0.3) is 11.1 Å². The van der Waals surface area contributed by atoms with E-state index in [9.17, 15) is 0 Å². The van der Waals surface area contributed by atoms with Crippen LogP contribution in [-0.4, -0.2) is 15.6 Å². The average molecular weight is 324 g/mol. The first-order valence-corrected chi connectivity index (χ1v) is 6.66. The molecule has 1 aromatic heterocycles. The first-order valence-electron chi connectivity index (χ1n) is 5.87. The number of rotatable bonds is 1. The third-order valence-electron chi connectivity index (χ3n) is 3.02. The van der Waals surface area contributed by atoms with Gasteiger partial charge in [0.1, 0.15) is 5.82 Å². The molecule has 2 heterocycles. The molecule has 100 valence electrons. The van der Waals surface area contributed by atoms with E-state index in [1.54, 1.807) is 10.9 Å². The lowest BCUT2D eigenvalue weighted by molar-refractivity contribution is -0.0431. The van der Waals surface area contributed by atoms with Crippen molar-refractivity contribution in [3.63, 3.8) is 0 Å². The lowest BCUT2D eigenvalue weighted by Crippen LogP contribution is -2.29. The summed E-state index contributed by atoms with van der Waals surface area (Å²) in [7, 11) is 1.81. The topological polar surface area (TPSA) is 62.3 Å². The highest BCUT2D eigenvalue weighted by molar-refractivity contribution is 9.10. The van der Waals surface area contributed by atoms with Gasteiger partial charge in [0.15, 0.2) is 11.5 Å². The van der Waals surface area contributed by atoms with Crippen LogP contribution in [0.2, 0.25) is 0 Å². The molecule has 1 aromatic carbocycles. The van der Waals surface area contributed by atoms with Crippen LogP contribution in [0.4, 0.5) is 5.82 Å². The molecular formula is C13H14BrN3O2. The number of hydrogen-bond donors (Lipinski definition) is 1. The van der Waals surface area contributed by atoms with E-state index in [0.29, 0.717) is 11.6 Å². The zero-order valence-electron chi connectivity index (χ0n) is 10.9. The molecule has 2 N–H and O–H groups in total. The maximum atomic E-state index is 6.01. The minimum Gasteiger partial charge on any atom is -0.449 e. The minimum absolute atomic E-state index is 0.610. The maximum absolute atomic E-state index is 6.01. The van der Waals surface area contributed by atoms with Gasteiger partial charge in [-0.25, -0.2) is 0 Å². The highest BCUT2D eigenvalue weighted by Crippen LogP contribution is 2.45. The van der Waals surface area contributed by atoms with Gasteiger partial charge in [0.05, 0.1) is 6.20 Å². The van der Waals surface area contributed by atoms with Gasteiger partial charge in [-0.15, -0.1) is 0 Å². The Labute approximate surface area is 119 Å². The van der Waals surface area contributed by atoms with Crippen LogP contribution in [0.15, 0.2) is 22.8 Å². The molecule has 5 nitrogen and oxygen atoms in total. The second-order valence-electron chi connectivity index (χ2n) is 4.95. The first-order chi connectivity index (χ1) is 8.87. The number of anilines is 1. The molecule has 0 fully saturated rings. The fourth-order valence-corrected chi connectivity index (χ4v) is 2.64. The molecule has 0 saturated carbocycles. The predicted molar refractivity (Wildman–Crippen MR) is 76.1 cm³/mol. The van der Waals surface area contributed by atoms with Crippen molar-refractivity contribution < 1.29 is 9.47 Å². The van der Waals surface area contributed by atoms with Gasteiger partial charge in [0.25, 0.3) is 0 Å². The Morgan fingerprint density at radius 2 is 1.84 bits per heavy atom. The molecule has 0 spiro atoms. The summed E-state index contributed by atoms with van der Waals surface area (Å²) in [6.45, 7) is 3.75. The molecule has 0 saturated heterocycles. The van der Waals surface area contributed by atoms with Gasteiger partial charge in [-0.1, -0.05) is 15.9 Å². The van der Waals surface area contributed by atoms with Crippen molar-refractivity contribution >= 4 is 21.7 Å². The second kappa shape index (κ2) is 3.90. The molecule has 0 bridgehead atoms. The van der Waals surface area contributed by atoms with Gasteiger partial charge in [-0.2, -0.15) is 5.10 Å². The van der Waals surface area contributed by atoms with Gasteiger partial charge in [0.2, 0.25) is 5.79 Å². The Morgan fingerprint density at radius 3 is 2.42 bits per heavy atom. The Balaban J connectivity index is 2.13. The van der Waals surface area contributed by atoms with E-state index in [2.05, 4.69) is 21.0 Å². The number of halogens is 1. The van der Waals surface area contributed by atoms with Gasteiger partial charge in [-0.3, -0.25) is 4.68 Å². The number of nitrogens with zero attached hydrogens (tertiary/aromatic N) is 2. The highest BCUT2D eigenvalue weighted by atomic mass is 79.9. The minimum atomic E-state index is -0.638. The van der Waals surface area contributed by atoms with Gasteiger partial charge in [0, 0.05) is 36.5 Å². The Bertz CT molecular complexity index is 664. The van der Waals surface area contributed by atoms with Crippen LogP contribution < -0.4 is 15.2 Å². The van der Waals surface area contributed by atoms with Crippen molar-refractivity contribution in [1.29, 1.82) is 0 Å². The lowest BCUT2D eigenvalue weighted by atomic mass is 10.1. The third-order valence-corrected chi connectivity index (χ3v) is 3.68. The fourth-order valence-electron chi connectivity index (χ4n) is 2.11. The van der Waals surface area contributed by atoms with E-state index in [-0.39, 0.29) is 0 Å². The van der Waals surface area contributed by atoms with Crippen molar-refractivity contribution in [1.82, 2.24) is 9.78 Å². The number of nitrogens with two attached hydrogens (primary N) is 1. The number of benzene rings is 1. The Hall–Kier alpha value is -1.69.